The lowest BCUT2D eigenvalue weighted by atomic mass is 9.83. The highest BCUT2D eigenvalue weighted by Crippen LogP contribution is 2.35. The summed E-state index contributed by atoms with van der Waals surface area (Å²) in [6.45, 7) is 3.03. The van der Waals surface area contributed by atoms with Gasteiger partial charge < -0.3 is 10.0 Å². The van der Waals surface area contributed by atoms with Gasteiger partial charge >= 0.3 is 0 Å². The molecule has 2 aliphatic rings. The van der Waals surface area contributed by atoms with Crippen LogP contribution in [0.5, 0.6) is 0 Å². The van der Waals surface area contributed by atoms with Gasteiger partial charge in [0.2, 0.25) is 0 Å². The first-order valence-corrected chi connectivity index (χ1v) is 12.1. The summed E-state index contributed by atoms with van der Waals surface area (Å²) in [6, 6.07) is 18.7. The Labute approximate surface area is 192 Å². The molecule has 2 aromatic carbocycles. The zero-order valence-corrected chi connectivity index (χ0v) is 19.1. The molecule has 1 saturated heterocycles. The second-order valence-corrected chi connectivity index (χ2v) is 9.46. The molecule has 3 heteroatoms. The zero-order chi connectivity index (χ0) is 21.5. The molecule has 1 heterocycles. The molecular formula is C28H34ClNO. The molecule has 1 unspecified atom stereocenters. The molecule has 1 fully saturated rings. The lowest BCUT2D eigenvalue weighted by Gasteiger charge is -2.38. The number of nitrogens with zero attached hydrogens (tertiary/aromatic N) is 1. The molecule has 2 aromatic rings. The standard InChI is InChI=1S/C28H34ClNO/c29-26-16-14-25(15-17-26)28(31)18-21-30(22-19-28)20-8-7-13-27(23-9-3-1-4-10-23)24-11-5-2-6-12-24/h1,3-5,9-12,14-17,27,31H,2,6-8,13,18-22H2. The second-order valence-electron chi connectivity index (χ2n) is 9.02. The summed E-state index contributed by atoms with van der Waals surface area (Å²) in [5.74, 6) is 0.508. The van der Waals surface area contributed by atoms with Crippen molar-refractivity contribution in [3.63, 3.8) is 0 Å². The van der Waals surface area contributed by atoms with Crippen LogP contribution in [0.4, 0.5) is 0 Å². The van der Waals surface area contributed by atoms with Crippen LogP contribution in [-0.2, 0) is 5.60 Å². The molecular weight excluding hydrogens is 402 g/mol. The van der Waals surface area contributed by atoms with Crippen LogP contribution in [0.1, 0.15) is 62.0 Å². The minimum atomic E-state index is -0.709. The van der Waals surface area contributed by atoms with E-state index in [1.165, 1.54) is 43.2 Å². The third kappa shape index (κ3) is 5.88. The van der Waals surface area contributed by atoms with Crippen LogP contribution in [0.3, 0.4) is 0 Å². The summed E-state index contributed by atoms with van der Waals surface area (Å²) < 4.78 is 0. The molecule has 31 heavy (non-hydrogen) atoms. The Morgan fingerprint density at radius 3 is 2.35 bits per heavy atom. The van der Waals surface area contributed by atoms with E-state index >= 15 is 0 Å². The van der Waals surface area contributed by atoms with Crippen LogP contribution >= 0.6 is 11.6 Å². The second kappa shape index (κ2) is 10.6. The molecule has 2 nitrogen and oxygen atoms in total. The van der Waals surface area contributed by atoms with Crippen LogP contribution in [0.15, 0.2) is 78.4 Å². The third-order valence-electron chi connectivity index (χ3n) is 6.91. The van der Waals surface area contributed by atoms with Gasteiger partial charge in [-0.3, -0.25) is 0 Å². The molecule has 1 atom stereocenters. The van der Waals surface area contributed by atoms with Crippen LogP contribution in [0, 0.1) is 0 Å². The first-order chi connectivity index (χ1) is 15.1. The van der Waals surface area contributed by atoms with Gasteiger partial charge in [0.25, 0.3) is 0 Å². The smallest absolute Gasteiger partial charge is 0.0920 e. The predicted octanol–water partition coefficient (Wildman–Crippen LogP) is 6.85. The molecule has 0 saturated carbocycles. The minimum Gasteiger partial charge on any atom is -0.385 e. The summed E-state index contributed by atoms with van der Waals surface area (Å²) in [5.41, 5.74) is 3.21. The maximum atomic E-state index is 11.1. The summed E-state index contributed by atoms with van der Waals surface area (Å²) in [5, 5.41) is 11.8. The summed E-state index contributed by atoms with van der Waals surface area (Å²) in [7, 11) is 0. The van der Waals surface area contributed by atoms with Crippen molar-refractivity contribution < 1.29 is 5.11 Å². The van der Waals surface area contributed by atoms with E-state index in [1.807, 2.05) is 24.3 Å². The number of unbranched alkanes of at least 4 members (excludes halogenated alkanes) is 1. The number of halogens is 1. The highest BCUT2D eigenvalue weighted by Gasteiger charge is 2.33. The number of hydrogen-bond donors (Lipinski definition) is 1. The predicted molar refractivity (Wildman–Crippen MR) is 131 cm³/mol. The third-order valence-corrected chi connectivity index (χ3v) is 7.16. The SMILES string of the molecule is OC1(c2ccc(Cl)cc2)CCN(CCCCC(C2=CCCC=C2)c2ccccc2)CC1. The number of piperidine rings is 1. The average Bonchev–Trinajstić information content (AvgIpc) is 2.82. The minimum absolute atomic E-state index is 0.508. The Morgan fingerprint density at radius 1 is 0.935 bits per heavy atom. The van der Waals surface area contributed by atoms with E-state index in [0.717, 1.165) is 43.1 Å². The van der Waals surface area contributed by atoms with Crippen LogP contribution in [0.25, 0.3) is 0 Å². The van der Waals surface area contributed by atoms with Crippen molar-refractivity contribution in [2.24, 2.45) is 0 Å². The van der Waals surface area contributed by atoms with Crippen molar-refractivity contribution >= 4 is 11.6 Å². The Kier molecular flexibility index (Phi) is 7.66. The van der Waals surface area contributed by atoms with Gasteiger partial charge in [0.1, 0.15) is 0 Å². The fourth-order valence-corrected chi connectivity index (χ4v) is 5.11. The molecule has 1 N–H and O–H groups in total. The van der Waals surface area contributed by atoms with Crippen molar-refractivity contribution in [3.8, 4) is 0 Å². The number of allylic oxidation sites excluding steroid dienone is 4. The fraction of sp³-hybridized carbons (Fsp3) is 0.429. The van der Waals surface area contributed by atoms with Gasteiger partial charge in [-0.1, -0.05) is 78.7 Å². The number of hydrogen-bond acceptors (Lipinski definition) is 2. The Balaban J connectivity index is 1.26. The number of rotatable bonds is 8. The molecule has 0 amide bonds. The summed E-state index contributed by atoms with van der Waals surface area (Å²) in [6.07, 6.45) is 14.6. The molecule has 1 aliphatic heterocycles. The van der Waals surface area contributed by atoms with Gasteiger partial charge in [-0.2, -0.15) is 0 Å². The Bertz CT molecular complexity index is 879. The zero-order valence-electron chi connectivity index (χ0n) is 18.3. The maximum Gasteiger partial charge on any atom is 0.0920 e. The normalized spacial score (nSPS) is 19.7. The molecule has 0 bridgehead atoms. The van der Waals surface area contributed by atoms with E-state index in [0.29, 0.717) is 5.92 Å². The van der Waals surface area contributed by atoms with Crippen molar-refractivity contribution in [1.29, 1.82) is 0 Å². The van der Waals surface area contributed by atoms with Gasteiger partial charge in [0.15, 0.2) is 0 Å². The number of aliphatic hydroxyl groups is 1. The Morgan fingerprint density at radius 2 is 1.68 bits per heavy atom. The topological polar surface area (TPSA) is 23.5 Å². The monoisotopic (exact) mass is 435 g/mol. The average molecular weight is 436 g/mol. The summed E-state index contributed by atoms with van der Waals surface area (Å²) in [4.78, 5) is 2.52. The number of likely N-dealkylation sites (tertiary alicyclic amines) is 1. The van der Waals surface area contributed by atoms with E-state index in [4.69, 9.17) is 11.6 Å². The molecule has 0 aromatic heterocycles. The van der Waals surface area contributed by atoms with E-state index in [9.17, 15) is 5.11 Å². The number of benzene rings is 2. The van der Waals surface area contributed by atoms with Gasteiger partial charge in [0.05, 0.1) is 5.60 Å². The lowest BCUT2D eigenvalue weighted by molar-refractivity contribution is -0.0261. The molecule has 1 aliphatic carbocycles. The first kappa shape index (κ1) is 22.3. The van der Waals surface area contributed by atoms with E-state index < -0.39 is 5.60 Å². The Hall–Kier alpha value is -1.87. The van der Waals surface area contributed by atoms with Crippen molar-refractivity contribution in [2.45, 2.75) is 56.5 Å². The van der Waals surface area contributed by atoms with Gasteiger partial charge in [0, 0.05) is 24.0 Å². The first-order valence-electron chi connectivity index (χ1n) is 11.8. The van der Waals surface area contributed by atoms with Gasteiger partial charge in [-0.15, -0.1) is 0 Å². The van der Waals surface area contributed by atoms with Crippen LogP contribution in [0.2, 0.25) is 5.02 Å². The highest BCUT2D eigenvalue weighted by molar-refractivity contribution is 6.30. The molecule has 4 rings (SSSR count). The molecule has 0 radical (unpaired) electrons. The summed E-state index contributed by atoms with van der Waals surface area (Å²) >= 11 is 6.00. The highest BCUT2D eigenvalue weighted by atomic mass is 35.5. The van der Waals surface area contributed by atoms with E-state index in [2.05, 4.69) is 53.5 Å². The van der Waals surface area contributed by atoms with Gasteiger partial charge in [-0.05, 0) is 73.9 Å². The van der Waals surface area contributed by atoms with Gasteiger partial charge in [-0.25, -0.2) is 0 Å². The van der Waals surface area contributed by atoms with Crippen molar-refractivity contribution in [1.82, 2.24) is 4.90 Å². The largest absolute Gasteiger partial charge is 0.385 e. The quantitative estimate of drug-likeness (QED) is 0.458. The maximum absolute atomic E-state index is 11.1. The van der Waals surface area contributed by atoms with Crippen LogP contribution in [-0.4, -0.2) is 29.6 Å². The van der Waals surface area contributed by atoms with Crippen LogP contribution < -0.4 is 0 Å². The van der Waals surface area contributed by atoms with E-state index in [1.54, 1.807) is 0 Å². The van der Waals surface area contributed by atoms with Crippen molar-refractivity contribution in [3.05, 3.63) is 94.5 Å². The fourth-order valence-electron chi connectivity index (χ4n) is 4.98. The molecule has 0 spiro atoms. The molecule has 164 valence electrons. The lowest BCUT2D eigenvalue weighted by Crippen LogP contribution is -2.42. The van der Waals surface area contributed by atoms with E-state index in [-0.39, 0.29) is 0 Å². The van der Waals surface area contributed by atoms with Crippen molar-refractivity contribution in [2.75, 3.05) is 19.6 Å².